The Labute approximate surface area is 131 Å². The van der Waals surface area contributed by atoms with Crippen LogP contribution in [0.1, 0.15) is 36.2 Å². The lowest BCUT2D eigenvalue weighted by Gasteiger charge is -2.16. The molecule has 0 fully saturated rings. The number of esters is 1. The largest absolute Gasteiger partial charge is 0.461 e. The summed E-state index contributed by atoms with van der Waals surface area (Å²) >= 11 is 0. The standard InChI is InChI=1S/C19H20O3/c1-14(2)19(21)22-13-18(15-8-4-3-5-9-15)17-11-7-6-10-16(17)12-20/h3-8,10-12,14H,9,13H2,1-2H3/b18-15-. The van der Waals surface area contributed by atoms with Crippen LogP contribution in [0.2, 0.25) is 0 Å². The number of aldehydes is 1. The molecular weight excluding hydrogens is 276 g/mol. The van der Waals surface area contributed by atoms with Gasteiger partial charge in [-0.2, -0.15) is 0 Å². The summed E-state index contributed by atoms with van der Waals surface area (Å²) in [4.78, 5) is 23.1. The van der Waals surface area contributed by atoms with Gasteiger partial charge in [0.2, 0.25) is 0 Å². The van der Waals surface area contributed by atoms with E-state index < -0.39 is 0 Å². The van der Waals surface area contributed by atoms with Crippen molar-refractivity contribution in [1.82, 2.24) is 0 Å². The zero-order chi connectivity index (χ0) is 15.9. The van der Waals surface area contributed by atoms with E-state index in [9.17, 15) is 9.59 Å². The van der Waals surface area contributed by atoms with Gasteiger partial charge in [0.25, 0.3) is 0 Å². The van der Waals surface area contributed by atoms with E-state index in [1.807, 2.05) is 42.5 Å². The maximum Gasteiger partial charge on any atom is 0.308 e. The van der Waals surface area contributed by atoms with Crippen LogP contribution < -0.4 is 0 Å². The minimum atomic E-state index is -0.239. The fraction of sp³-hybridized carbons (Fsp3) is 0.263. The molecule has 114 valence electrons. The highest BCUT2D eigenvalue weighted by molar-refractivity contribution is 5.88. The Morgan fingerprint density at radius 3 is 2.68 bits per heavy atom. The summed E-state index contributed by atoms with van der Waals surface area (Å²) in [6, 6.07) is 7.37. The summed E-state index contributed by atoms with van der Waals surface area (Å²) in [5, 5.41) is 0. The Balaban J connectivity index is 2.38. The summed E-state index contributed by atoms with van der Waals surface area (Å²) < 4.78 is 5.40. The van der Waals surface area contributed by atoms with Crippen LogP contribution >= 0.6 is 0 Å². The minimum Gasteiger partial charge on any atom is -0.461 e. The van der Waals surface area contributed by atoms with Crippen LogP contribution in [0, 0.1) is 5.92 Å². The van der Waals surface area contributed by atoms with Crippen LogP contribution in [0.5, 0.6) is 0 Å². The van der Waals surface area contributed by atoms with E-state index in [0.29, 0.717) is 5.56 Å². The van der Waals surface area contributed by atoms with Gasteiger partial charge in [0.15, 0.2) is 6.29 Å². The first kappa shape index (κ1) is 16.0. The number of benzene rings is 1. The lowest BCUT2D eigenvalue weighted by atomic mass is 9.93. The van der Waals surface area contributed by atoms with Crippen molar-refractivity contribution in [3.63, 3.8) is 0 Å². The van der Waals surface area contributed by atoms with Crippen LogP contribution in [-0.2, 0) is 9.53 Å². The third kappa shape index (κ3) is 3.82. The Kier molecular flexibility index (Phi) is 5.48. The molecule has 22 heavy (non-hydrogen) atoms. The first-order valence-electron chi connectivity index (χ1n) is 7.40. The molecule has 0 unspecified atom stereocenters. The first-order chi connectivity index (χ1) is 10.6. The van der Waals surface area contributed by atoms with E-state index in [1.165, 1.54) is 0 Å². The smallest absolute Gasteiger partial charge is 0.308 e. The van der Waals surface area contributed by atoms with E-state index >= 15 is 0 Å². The Hall–Kier alpha value is -2.42. The second kappa shape index (κ2) is 7.55. The Morgan fingerprint density at radius 1 is 1.27 bits per heavy atom. The second-order valence-corrected chi connectivity index (χ2v) is 5.46. The summed E-state index contributed by atoms with van der Waals surface area (Å²) in [6.07, 6.45) is 9.57. The molecule has 3 heteroatoms. The third-order valence-corrected chi connectivity index (χ3v) is 3.51. The molecule has 0 saturated carbocycles. The zero-order valence-electron chi connectivity index (χ0n) is 12.9. The molecule has 0 bridgehead atoms. The van der Waals surface area contributed by atoms with Crippen molar-refractivity contribution in [2.45, 2.75) is 20.3 Å². The average Bonchev–Trinajstić information content (AvgIpc) is 2.56. The topological polar surface area (TPSA) is 43.4 Å². The number of ether oxygens (including phenoxy) is 1. The number of allylic oxidation sites excluding steroid dienone is 5. The van der Waals surface area contributed by atoms with Gasteiger partial charge in [-0.25, -0.2) is 0 Å². The second-order valence-electron chi connectivity index (χ2n) is 5.46. The van der Waals surface area contributed by atoms with Crippen molar-refractivity contribution in [2.75, 3.05) is 6.61 Å². The summed E-state index contributed by atoms with van der Waals surface area (Å²) in [5.41, 5.74) is 3.38. The molecule has 0 aromatic heterocycles. The molecule has 1 aromatic rings. The fourth-order valence-electron chi connectivity index (χ4n) is 2.27. The van der Waals surface area contributed by atoms with E-state index in [0.717, 1.165) is 29.4 Å². The summed E-state index contributed by atoms with van der Waals surface area (Å²) in [5.74, 6) is -0.411. The van der Waals surface area contributed by atoms with Gasteiger partial charge in [-0.1, -0.05) is 62.4 Å². The van der Waals surface area contributed by atoms with Crippen molar-refractivity contribution >= 4 is 17.8 Å². The molecule has 0 N–H and O–H groups in total. The quantitative estimate of drug-likeness (QED) is 0.610. The highest BCUT2D eigenvalue weighted by Crippen LogP contribution is 2.27. The van der Waals surface area contributed by atoms with Crippen molar-refractivity contribution < 1.29 is 14.3 Å². The van der Waals surface area contributed by atoms with E-state index in [-0.39, 0.29) is 18.5 Å². The lowest BCUT2D eigenvalue weighted by Crippen LogP contribution is -2.14. The SMILES string of the molecule is CC(C)C(=O)OC/C(=C1\C=CC=CC1)c1ccccc1C=O. The van der Waals surface area contributed by atoms with Gasteiger partial charge in [0, 0.05) is 11.1 Å². The molecule has 0 spiro atoms. The van der Waals surface area contributed by atoms with E-state index in [4.69, 9.17) is 4.74 Å². The maximum absolute atomic E-state index is 11.8. The Bertz CT molecular complexity index is 648. The molecule has 0 aliphatic heterocycles. The van der Waals surface area contributed by atoms with E-state index in [2.05, 4.69) is 0 Å². The molecule has 1 aliphatic rings. The van der Waals surface area contributed by atoms with Gasteiger partial charge in [0.05, 0.1) is 5.92 Å². The van der Waals surface area contributed by atoms with Crippen molar-refractivity contribution in [3.05, 3.63) is 65.3 Å². The Morgan fingerprint density at radius 2 is 2.05 bits per heavy atom. The molecule has 0 atom stereocenters. The monoisotopic (exact) mass is 296 g/mol. The fourth-order valence-corrected chi connectivity index (χ4v) is 2.27. The molecule has 1 aliphatic carbocycles. The number of carbonyl (C=O) groups is 2. The van der Waals surface area contributed by atoms with Gasteiger partial charge in [-0.05, 0) is 17.6 Å². The van der Waals surface area contributed by atoms with Crippen LogP contribution in [0.25, 0.3) is 5.57 Å². The number of hydrogen-bond donors (Lipinski definition) is 0. The van der Waals surface area contributed by atoms with Crippen molar-refractivity contribution in [2.24, 2.45) is 5.92 Å². The van der Waals surface area contributed by atoms with Gasteiger partial charge >= 0.3 is 5.97 Å². The van der Waals surface area contributed by atoms with Crippen LogP contribution in [0.3, 0.4) is 0 Å². The molecule has 0 radical (unpaired) electrons. The lowest BCUT2D eigenvalue weighted by molar-refractivity contribution is -0.145. The van der Waals surface area contributed by atoms with Gasteiger partial charge in [0.1, 0.15) is 6.61 Å². The highest BCUT2D eigenvalue weighted by Gasteiger charge is 2.15. The van der Waals surface area contributed by atoms with Gasteiger partial charge in [-0.15, -0.1) is 0 Å². The third-order valence-electron chi connectivity index (χ3n) is 3.51. The zero-order valence-corrected chi connectivity index (χ0v) is 12.9. The first-order valence-corrected chi connectivity index (χ1v) is 7.40. The normalized spacial score (nSPS) is 15.8. The molecule has 0 heterocycles. The van der Waals surface area contributed by atoms with Crippen LogP contribution in [0.4, 0.5) is 0 Å². The van der Waals surface area contributed by atoms with Crippen LogP contribution in [-0.4, -0.2) is 18.9 Å². The molecular formula is C19H20O3. The summed E-state index contributed by atoms with van der Waals surface area (Å²) in [6.45, 7) is 3.78. The molecule has 1 aromatic carbocycles. The van der Waals surface area contributed by atoms with Crippen molar-refractivity contribution in [1.29, 1.82) is 0 Å². The maximum atomic E-state index is 11.8. The van der Waals surface area contributed by atoms with Gasteiger partial charge in [-0.3, -0.25) is 9.59 Å². The predicted molar refractivity (Wildman–Crippen MR) is 87.4 cm³/mol. The van der Waals surface area contributed by atoms with E-state index in [1.54, 1.807) is 19.9 Å². The predicted octanol–water partition coefficient (Wildman–Crippen LogP) is 3.97. The molecule has 3 nitrogen and oxygen atoms in total. The molecule has 0 saturated heterocycles. The van der Waals surface area contributed by atoms with Gasteiger partial charge < -0.3 is 4.74 Å². The van der Waals surface area contributed by atoms with Crippen LogP contribution in [0.15, 0.2) is 54.1 Å². The molecule has 2 rings (SSSR count). The summed E-state index contributed by atoms with van der Waals surface area (Å²) in [7, 11) is 0. The minimum absolute atomic E-state index is 0.172. The van der Waals surface area contributed by atoms with Crippen molar-refractivity contribution in [3.8, 4) is 0 Å². The number of rotatable bonds is 5. The average molecular weight is 296 g/mol. The highest BCUT2D eigenvalue weighted by atomic mass is 16.5. The number of hydrogen-bond acceptors (Lipinski definition) is 3. The molecule has 0 amide bonds. The number of carbonyl (C=O) groups excluding carboxylic acids is 2.